The fourth-order valence-electron chi connectivity index (χ4n) is 3.11. The van der Waals surface area contributed by atoms with E-state index in [9.17, 15) is 14.7 Å². The smallest absolute Gasteiger partial charge is 0.409 e. The highest BCUT2D eigenvalue weighted by atomic mass is 16.6. The minimum atomic E-state index is -1.82. The summed E-state index contributed by atoms with van der Waals surface area (Å²) in [5.74, 6) is 0. The van der Waals surface area contributed by atoms with E-state index in [4.69, 9.17) is 10.5 Å². The van der Waals surface area contributed by atoms with Gasteiger partial charge in [0.2, 0.25) is 5.72 Å². The lowest BCUT2D eigenvalue weighted by Crippen LogP contribution is -2.52. The van der Waals surface area contributed by atoms with Crippen LogP contribution >= 0.6 is 0 Å². The minimum absolute atomic E-state index is 0.0242. The van der Waals surface area contributed by atoms with Crippen LogP contribution in [0, 0.1) is 0 Å². The first-order valence-electron chi connectivity index (χ1n) is 8.97. The molecule has 0 radical (unpaired) electrons. The van der Waals surface area contributed by atoms with Gasteiger partial charge in [0.15, 0.2) is 6.29 Å². The lowest BCUT2D eigenvalue weighted by atomic mass is 10.0. The average Bonchev–Trinajstić information content (AvgIpc) is 3.10. The van der Waals surface area contributed by atoms with E-state index in [-0.39, 0.29) is 13.0 Å². The van der Waals surface area contributed by atoms with Crippen molar-refractivity contribution in [3.63, 3.8) is 0 Å². The molecule has 7 nitrogen and oxygen atoms in total. The quantitative estimate of drug-likeness (QED) is 0.351. The fourth-order valence-corrected chi connectivity index (χ4v) is 3.11. The third-order valence-electron chi connectivity index (χ3n) is 4.49. The number of H-pyrrole nitrogens is 1. The number of aromatic nitrogens is 1. The van der Waals surface area contributed by atoms with Crippen LogP contribution < -0.4 is 11.1 Å². The average molecular weight is 381 g/mol. The highest BCUT2D eigenvalue weighted by Gasteiger charge is 2.31. The van der Waals surface area contributed by atoms with Gasteiger partial charge in [-0.3, -0.25) is 10.5 Å². The summed E-state index contributed by atoms with van der Waals surface area (Å²) in [7, 11) is 0. The number of hydrogen-bond donors (Lipinski definition) is 4. The molecule has 0 bridgehead atoms. The molecule has 1 heterocycles. The van der Waals surface area contributed by atoms with Gasteiger partial charge in [0, 0.05) is 23.5 Å². The lowest BCUT2D eigenvalue weighted by molar-refractivity contribution is -0.124. The number of carbonyl (C=O) groups excluding carboxylic acids is 2. The zero-order chi connectivity index (χ0) is 20.0. The van der Waals surface area contributed by atoms with E-state index in [2.05, 4.69) is 10.3 Å². The maximum Gasteiger partial charge on any atom is 0.409 e. The van der Waals surface area contributed by atoms with Gasteiger partial charge in [0.1, 0.15) is 0 Å². The summed E-state index contributed by atoms with van der Waals surface area (Å²) in [6.45, 7) is -0.273. The van der Waals surface area contributed by atoms with Crippen LogP contribution in [0.1, 0.15) is 11.1 Å². The molecule has 0 aliphatic rings. The van der Waals surface area contributed by atoms with Gasteiger partial charge in [-0.1, -0.05) is 48.5 Å². The van der Waals surface area contributed by atoms with Gasteiger partial charge < -0.3 is 20.1 Å². The van der Waals surface area contributed by atoms with Gasteiger partial charge >= 0.3 is 6.09 Å². The van der Waals surface area contributed by atoms with Gasteiger partial charge in [-0.25, -0.2) is 4.79 Å². The first-order valence-corrected chi connectivity index (χ1v) is 8.97. The zero-order valence-corrected chi connectivity index (χ0v) is 15.3. The van der Waals surface area contributed by atoms with Crippen molar-refractivity contribution in [1.82, 2.24) is 10.3 Å². The second-order valence-electron chi connectivity index (χ2n) is 6.71. The Labute approximate surface area is 162 Å². The fraction of sp³-hybridized carbons (Fsp3) is 0.238. The summed E-state index contributed by atoms with van der Waals surface area (Å²) in [5.41, 5.74) is 6.82. The lowest BCUT2D eigenvalue weighted by Gasteiger charge is -2.25. The Hall–Kier alpha value is -3.16. The molecule has 0 spiro atoms. The van der Waals surface area contributed by atoms with Crippen molar-refractivity contribution in [2.45, 2.75) is 24.6 Å². The number of aliphatic hydroxyl groups excluding tert-OH is 1. The summed E-state index contributed by atoms with van der Waals surface area (Å²) < 4.78 is 5.21. The van der Waals surface area contributed by atoms with Crippen LogP contribution in [-0.2, 0) is 22.4 Å². The molecule has 1 amide bonds. The van der Waals surface area contributed by atoms with Crippen LogP contribution in [0.4, 0.5) is 4.79 Å². The molecule has 28 heavy (non-hydrogen) atoms. The Morgan fingerprint density at radius 1 is 1.21 bits per heavy atom. The molecular formula is C21H23N3O4. The highest BCUT2D eigenvalue weighted by Crippen LogP contribution is 2.21. The molecule has 3 aromatic rings. The largest absolute Gasteiger partial charge is 0.420 e. The normalized spacial score (nSPS) is 14.2. The predicted octanol–water partition coefficient (Wildman–Crippen LogP) is 1.89. The van der Waals surface area contributed by atoms with Gasteiger partial charge in [-0.2, -0.15) is 0 Å². The molecule has 3 rings (SSSR count). The van der Waals surface area contributed by atoms with Crippen molar-refractivity contribution < 1.29 is 19.4 Å². The molecule has 2 atom stereocenters. The first-order chi connectivity index (χ1) is 13.5. The van der Waals surface area contributed by atoms with Crippen LogP contribution in [0.15, 0.2) is 60.8 Å². The second-order valence-corrected chi connectivity index (χ2v) is 6.71. The first kappa shape index (κ1) is 19.6. The number of aldehydes is 1. The summed E-state index contributed by atoms with van der Waals surface area (Å²) in [5, 5.41) is 13.0. The van der Waals surface area contributed by atoms with E-state index >= 15 is 0 Å². The van der Waals surface area contributed by atoms with E-state index in [1.807, 2.05) is 54.6 Å². The topological polar surface area (TPSA) is 117 Å². The number of ether oxygens (including phenoxy) is 1. The highest BCUT2D eigenvalue weighted by molar-refractivity contribution is 5.84. The van der Waals surface area contributed by atoms with E-state index in [0.29, 0.717) is 12.7 Å². The molecule has 0 aliphatic carbocycles. The molecule has 0 saturated carbocycles. The number of para-hydroxylation sites is 1. The Morgan fingerprint density at radius 3 is 2.64 bits per heavy atom. The molecule has 2 aromatic carbocycles. The number of benzene rings is 2. The molecule has 0 aliphatic heterocycles. The van der Waals surface area contributed by atoms with E-state index < -0.39 is 17.9 Å². The number of alkyl carbamates (subject to hydrolysis) is 1. The van der Waals surface area contributed by atoms with Gasteiger partial charge in [0.05, 0.1) is 12.6 Å². The molecule has 146 valence electrons. The van der Waals surface area contributed by atoms with Crippen molar-refractivity contribution in [1.29, 1.82) is 0 Å². The van der Waals surface area contributed by atoms with E-state index in [1.54, 1.807) is 6.20 Å². The number of amides is 1. The number of hydrogen-bond acceptors (Lipinski definition) is 5. The van der Waals surface area contributed by atoms with Gasteiger partial charge in [-0.05, 0) is 23.6 Å². The summed E-state index contributed by atoms with van der Waals surface area (Å²) >= 11 is 0. The molecule has 1 aromatic heterocycles. The van der Waals surface area contributed by atoms with Crippen LogP contribution in [0.25, 0.3) is 10.9 Å². The number of fused-ring (bicyclic) bond motifs is 1. The maximum absolute atomic E-state index is 12.3. The van der Waals surface area contributed by atoms with E-state index in [1.165, 1.54) is 0 Å². The predicted molar refractivity (Wildman–Crippen MR) is 106 cm³/mol. The second kappa shape index (κ2) is 8.69. The van der Waals surface area contributed by atoms with Gasteiger partial charge in [-0.15, -0.1) is 0 Å². The van der Waals surface area contributed by atoms with Crippen molar-refractivity contribution in [2.24, 2.45) is 5.73 Å². The van der Waals surface area contributed by atoms with Crippen LogP contribution in [-0.4, -0.2) is 40.8 Å². The number of nitrogens with two attached hydrogens (primary N) is 1. The SMILES string of the molecule is NC(C=O)(Cc1c[nH]c2ccccc12)OC(=O)NC(CO)Cc1ccccc1. The number of carbonyl (C=O) groups is 2. The Balaban J connectivity index is 1.65. The molecular weight excluding hydrogens is 358 g/mol. The van der Waals surface area contributed by atoms with Gasteiger partial charge in [0.25, 0.3) is 0 Å². The Morgan fingerprint density at radius 2 is 1.93 bits per heavy atom. The molecule has 0 fully saturated rings. The Kier molecular flexibility index (Phi) is 6.08. The molecule has 2 unspecified atom stereocenters. The molecule has 5 N–H and O–H groups in total. The number of rotatable bonds is 8. The van der Waals surface area contributed by atoms with Crippen LogP contribution in [0.3, 0.4) is 0 Å². The number of aliphatic hydroxyl groups is 1. The van der Waals surface area contributed by atoms with Crippen molar-refractivity contribution in [2.75, 3.05) is 6.61 Å². The molecule has 7 heteroatoms. The standard InChI is InChI=1S/C21H23N3O4/c22-21(14-26,11-16-12-23-19-9-5-4-8-18(16)19)28-20(27)24-17(13-25)10-15-6-2-1-3-7-15/h1-9,12,14,17,23,25H,10-11,13,22H2,(H,24,27). The summed E-state index contributed by atoms with van der Waals surface area (Å²) in [6.07, 6.45) is 1.75. The number of aromatic amines is 1. The number of nitrogens with one attached hydrogen (secondary N) is 2. The zero-order valence-electron chi connectivity index (χ0n) is 15.3. The van der Waals surface area contributed by atoms with Crippen molar-refractivity contribution in [3.8, 4) is 0 Å². The van der Waals surface area contributed by atoms with Crippen LogP contribution in [0.5, 0.6) is 0 Å². The summed E-state index contributed by atoms with van der Waals surface area (Å²) in [4.78, 5) is 27.0. The Bertz CT molecular complexity index is 941. The maximum atomic E-state index is 12.3. The third-order valence-corrected chi connectivity index (χ3v) is 4.49. The van der Waals surface area contributed by atoms with E-state index in [0.717, 1.165) is 22.0 Å². The van der Waals surface area contributed by atoms with Crippen molar-refractivity contribution in [3.05, 3.63) is 71.9 Å². The third kappa shape index (κ3) is 4.76. The van der Waals surface area contributed by atoms with Crippen LogP contribution in [0.2, 0.25) is 0 Å². The summed E-state index contributed by atoms with van der Waals surface area (Å²) in [6, 6.07) is 16.4. The molecule has 0 saturated heterocycles. The minimum Gasteiger partial charge on any atom is -0.420 e. The monoisotopic (exact) mass is 381 g/mol. The van der Waals surface area contributed by atoms with Crippen molar-refractivity contribution >= 4 is 23.3 Å².